The highest BCUT2D eigenvalue weighted by molar-refractivity contribution is 5.85. The van der Waals surface area contributed by atoms with Crippen molar-refractivity contribution in [3.63, 3.8) is 0 Å². The quantitative estimate of drug-likeness (QED) is 0.809. The Balaban J connectivity index is 2.71. The van der Waals surface area contributed by atoms with E-state index in [4.69, 9.17) is 5.11 Å². The molecule has 94 valence electrons. The molecular formula is C8H8F3N3O3. The van der Waals surface area contributed by atoms with Crippen LogP contribution >= 0.6 is 0 Å². The van der Waals surface area contributed by atoms with Crippen LogP contribution in [0, 0.1) is 0 Å². The van der Waals surface area contributed by atoms with Gasteiger partial charge in [0.25, 0.3) is 0 Å². The number of nitrogens with one attached hydrogen (secondary N) is 1. The van der Waals surface area contributed by atoms with Crippen LogP contribution in [0.1, 0.15) is 16.3 Å². The molecule has 0 spiro atoms. The number of aromatic nitrogens is 2. The smallest absolute Gasteiger partial charge is 0.471 e. The Morgan fingerprint density at radius 2 is 2.12 bits per heavy atom. The fraction of sp³-hybridized carbons (Fsp3) is 0.375. The van der Waals surface area contributed by atoms with Crippen LogP contribution in [0.2, 0.25) is 0 Å². The summed E-state index contributed by atoms with van der Waals surface area (Å²) in [6.45, 7) is -0.498. The molecule has 1 rings (SSSR count). The summed E-state index contributed by atoms with van der Waals surface area (Å²) in [5.74, 6) is -3.34. The van der Waals surface area contributed by atoms with E-state index in [0.29, 0.717) is 0 Å². The Morgan fingerprint density at radius 3 is 2.53 bits per heavy atom. The summed E-state index contributed by atoms with van der Waals surface area (Å²) in [5.41, 5.74) is -0.179. The lowest BCUT2D eigenvalue weighted by atomic mass is 10.4. The van der Waals surface area contributed by atoms with Crippen molar-refractivity contribution >= 4 is 11.9 Å². The maximum atomic E-state index is 11.9. The second-order valence-corrected chi connectivity index (χ2v) is 3.10. The van der Waals surface area contributed by atoms with E-state index in [1.807, 2.05) is 0 Å². The van der Waals surface area contributed by atoms with Gasteiger partial charge in [-0.15, -0.1) is 0 Å². The minimum Gasteiger partial charge on any atom is -0.477 e. The number of carboxylic acids is 1. The van der Waals surface area contributed by atoms with Crippen molar-refractivity contribution in [1.82, 2.24) is 14.9 Å². The molecule has 0 aliphatic rings. The number of nitrogens with zero attached hydrogens (tertiary/aromatic N) is 2. The van der Waals surface area contributed by atoms with E-state index in [1.54, 1.807) is 5.32 Å². The zero-order chi connectivity index (χ0) is 13.2. The van der Waals surface area contributed by atoms with Gasteiger partial charge in [0, 0.05) is 7.05 Å². The third-order valence-corrected chi connectivity index (χ3v) is 1.97. The van der Waals surface area contributed by atoms with Gasteiger partial charge in [0.2, 0.25) is 0 Å². The maximum absolute atomic E-state index is 11.9. The zero-order valence-corrected chi connectivity index (χ0v) is 8.58. The minimum absolute atomic E-state index is 0.0139. The first kappa shape index (κ1) is 13.0. The molecule has 0 bridgehead atoms. The number of imidazole rings is 1. The summed E-state index contributed by atoms with van der Waals surface area (Å²) in [4.78, 5) is 24.7. The van der Waals surface area contributed by atoms with Gasteiger partial charge in [-0.2, -0.15) is 13.2 Å². The number of halogens is 3. The molecule has 0 aliphatic carbocycles. The van der Waals surface area contributed by atoms with Crippen LogP contribution in [0.3, 0.4) is 0 Å². The molecule has 6 nitrogen and oxygen atoms in total. The Hall–Kier alpha value is -2.06. The van der Waals surface area contributed by atoms with Crippen LogP contribution in [0.4, 0.5) is 13.2 Å². The predicted octanol–water partition coefficient (Wildman–Crippen LogP) is 0.297. The standard InChI is InChI=1S/C8H8F3N3O3/c1-14-4(6(15)16)2-12-5(14)3-13-7(17)8(9,10)11/h2H,3H2,1H3,(H,13,17)(H,15,16). The van der Waals surface area contributed by atoms with Crippen molar-refractivity contribution in [2.45, 2.75) is 12.7 Å². The van der Waals surface area contributed by atoms with Crippen molar-refractivity contribution in [3.8, 4) is 0 Å². The van der Waals surface area contributed by atoms with E-state index in [0.717, 1.165) is 10.8 Å². The largest absolute Gasteiger partial charge is 0.477 e. The first-order valence-electron chi connectivity index (χ1n) is 4.32. The van der Waals surface area contributed by atoms with Crippen LogP contribution in [0.5, 0.6) is 0 Å². The molecule has 1 heterocycles. The molecule has 1 aromatic rings. The third kappa shape index (κ3) is 2.95. The highest BCUT2D eigenvalue weighted by atomic mass is 19.4. The number of hydrogen-bond donors (Lipinski definition) is 2. The van der Waals surface area contributed by atoms with Gasteiger partial charge < -0.3 is 15.0 Å². The van der Waals surface area contributed by atoms with E-state index in [1.165, 1.54) is 7.05 Å². The van der Waals surface area contributed by atoms with Gasteiger partial charge >= 0.3 is 18.1 Å². The van der Waals surface area contributed by atoms with Gasteiger partial charge in [-0.1, -0.05) is 0 Å². The number of carboxylic acid groups (broad SMARTS) is 1. The van der Waals surface area contributed by atoms with E-state index in [9.17, 15) is 22.8 Å². The number of carbonyl (C=O) groups excluding carboxylic acids is 1. The fourth-order valence-electron chi connectivity index (χ4n) is 1.07. The van der Waals surface area contributed by atoms with Crippen molar-refractivity contribution in [2.24, 2.45) is 7.05 Å². The minimum atomic E-state index is -4.97. The molecule has 9 heteroatoms. The molecule has 0 saturated heterocycles. The first-order valence-corrected chi connectivity index (χ1v) is 4.32. The molecule has 0 atom stereocenters. The van der Waals surface area contributed by atoms with Gasteiger partial charge in [0.1, 0.15) is 11.5 Å². The van der Waals surface area contributed by atoms with Gasteiger partial charge in [-0.3, -0.25) is 4.79 Å². The zero-order valence-electron chi connectivity index (χ0n) is 8.58. The summed E-state index contributed by atoms with van der Waals surface area (Å²) < 4.78 is 36.6. The second kappa shape index (κ2) is 4.44. The molecule has 1 amide bonds. The lowest BCUT2D eigenvalue weighted by Gasteiger charge is -2.08. The first-order chi connectivity index (χ1) is 7.73. The molecular weight excluding hydrogens is 243 g/mol. The summed E-state index contributed by atoms with van der Waals surface area (Å²) in [7, 11) is 1.32. The highest BCUT2D eigenvalue weighted by Gasteiger charge is 2.38. The van der Waals surface area contributed by atoms with Crippen molar-refractivity contribution in [1.29, 1.82) is 0 Å². The van der Waals surface area contributed by atoms with E-state index in [2.05, 4.69) is 4.98 Å². The lowest BCUT2D eigenvalue weighted by Crippen LogP contribution is -2.36. The van der Waals surface area contributed by atoms with Gasteiger partial charge in [0.05, 0.1) is 12.7 Å². The van der Waals surface area contributed by atoms with Gasteiger partial charge in [0.15, 0.2) is 0 Å². The molecule has 0 aliphatic heterocycles. The number of rotatable bonds is 3. The Labute approximate surface area is 93.1 Å². The van der Waals surface area contributed by atoms with Gasteiger partial charge in [-0.25, -0.2) is 9.78 Å². The van der Waals surface area contributed by atoms with E-state index >= 15 is 0 Å². The molecule has 1 aromatic heterocycles. The van der Waals surface area contributed by atoms with Crippen LogP contribution < -0.4 is 5.32 Å². The average Bonchev–Trinajstić information content (AvgIpc) is 2.54. The summed E-state index contributed by atoms with van der Waals surface area (Å²) in [6.07, 6.45) is -3.97. The molecule has 0 aromatic carbocycles. The molecule has 0 unspecified atom stereocenters. The maximum Gasteiger partial charge on any atom is 0.471 e. The number of hydrogen-bond acceptors (Lipinski definition) is 3. The lowest BCUT2D eigenvalue weighted by molar-refractivity contribution is -0.173. The van der Waals surface area contributed by atoms with Crippen LogP contribution in [-0.4, -0.2) is 32.7 Å². The fourth-order valence-corrected chi connectivity index (χ4v) is 1.07. The highest BCUT2D eigenvalue weighted by Crippen LogP contribution is 2.14. The van der Waals surface area contributed by atoms with E-state index < -0.39 is 24.6 Å². The third-order valence-electron chi connectivity index (χ3n) is 1.97. The summed E-state index contributed by atoms with van der Waals surface area (Å²) in [5, 5.41) is 10.2. The topological polar surface area (TPSA) is 84.2 Å². The molecule has 0 radical (unpaired) electrons. The average molecular weight is 251 g/mol. The van der Waals surface area contributed by atoms with Crippen LogP contribution in [0.25, 0.3) is 0 Å². The number of amides is 1. The Bertz CT molecular complexity index is 453. The van der Waals surface area contributed by atoms with Crippen molar-refractivity contribution in [2.75, 3.05) is 0 Å². The molecule has 2 N–H and O–H groups in total. The van der Waals surface area contributed by atoms with Crippen LogP contribution in [0.15, 0.2) is 6.20 Å². The molecule has 0 fully saturated rings. The monoisotopic (exact) mass is 251 g/mol. The normalized spacial score (nSPS) is 11.3. The second-order valence-electron chi connectivity index (χ2n) is 3.10. The van der Waals surface area contributed by atoms with E-state index in [-0.39, 0.29) is 11.5 Å². The predicted molar refractivity (Wildman–Crippen MR) is 48.1 cm³/mol. The van der Waals surface area contributed by atoms with Crippen molar-refractivity contribution in [3.05, 3.63) is 17.7 Å². The van der Waals surface area contributed by atoms with Crippen molar-refractivity contribution < 1.29 is 27.9 Å². The summed E-state index contributed by atoms with van der Waals surface area (Å²) >= 11 is 0. The number of alkyl halides is 3. The molecule has 17 heavy (non-hydrogen) atoms. The number of aromatic carboxylic acids is 1. The Morgan fingerprint density at radius 1 is 1.53 bits per heavy atom. The Kier molecular flexibility index (Phi) is 3.39. The SMILES string of the molecule is Cn1c(C(=O)O)cnc1CNC(=O)C(F)(F)F. The number of carbonyl (C=O) groups is 2. The molecule has 0 saturated carbocycles. The van der Waals surface area contributed by atoms with Gasteiger partial charge in [-0.05, 0) is 0 Å². The van der Waals surface area contributed by atoms with Crippen LogP contribution in [-0.2, 0) is 18.4 Å². The summed E-state index contributed by atoms with van der Waals surface area (Å²) in [6, 6.07) is 0.